The summed E-state index contributed by atoms with van der Waals surface area (Å²) in [6.45, 7) is 5.12. The Labute approximate surface area is 126 Å². The van der Waals surface area contributed by atoms with Gasteiger partial charge in [0.1, 0.15) is 5.75 Å². The van der Waals surface area contributed by atoms with Crippen LogP contribution < -0.4 is 15.8 Å². The molecule has 1 aliphatic rings. The number of carbonyl (C=O) groups excluding carboxylic acids is 1. The highest BCUT2D eigenvalue weighted by atomic mass is 16.5. The lowest BCUT2D eigenvalue weighted by atomic mass is 10.1. The number of nitrogens with one attached hydrogen (secondary N) is 1. The lowest BCUT2D eigenvalue weighted by Gasteiger charge is -2.32. The molecule has 3 N–H and O–H groups in total. The van der Waals surface area contributed by atoms with E-state index in [1.54, 1.807) is 24.3 Å². The van der Waals surface area contributed by atoms with Crippen LogP contribution >= 0.6 is 0 Å². The third-order valence-electron chi connectivity index (χ3n) is 3.84. The molecule has 2 rings (SSSR count). The largest absolute Gasteiger partial charge is 0.484 e. The van der Waals surface area contributed by atoms with Gasteiger partial charge in [0.2, 0.25) is 0 Å². The van der Waals surface area contributed by atoms with Gasteiger partial charge in [-0.05, 0) is 45.0 Å². The zero-order valence-electron chi connectivity index (χ0n) is 12.7. The van der Waals surface area contributed by atoms with Crippen LogP contribution in [0.5, 0.6) is 5.75 Å². The molecule has 1 saturated heterocycles. The molecule has 0 radical (unpaired) electrons. The topological polar surface area (TPSA) is 67.6 Å². The van der Waals surface area contributed by atoms with Crippen LogP contribution in [0.4, 0.5) is 5.69 Å². The molecule has 5 nitrogen and oxygen atoms in total. The van der Waals surface area contributed by atoms with Crippen molar-refractivity contribution < 1.29 is 9.53 Å². The maximum Gasteiger partial charge on any atom is 0.257 e. The SMILES string of the molecule is CC(CNC(=O)COc1cccc(N)c1)N1CCCCC1. The highest BCUT2D eigenvalue weighted by Gasteiger charge is 2.17. The number of nitrogen functional groups attached to an aromatic ring is 1. The van der Waals surface area contributed by atoms with Crippen molar-refractivity contribution in [3.05, 3.63) is 24.3 Å². The van der Waals surface area contributed by atoms with Crippen LogP contribution in [0.15, 0.2) is 24.3 Å². The summed E-state index contributed by atoms with van der Waals surface area (Å²) in [6.07, 6.45) is 3.84. The molecule has 0 bridgehead atoms. The van der Waals surface area contributed by atoms with Gasteiger partial charge in [0.15, 0.2) is 6.61 Å². The number of rotatable bonds is 6. The average Bonchev–Trinajstić information content (AvgIpc) is 2.51. The second-order valence-corrected chi connectivity index (χ2v) is 5.61. The first kappa shape index (κ1) is 15.6. The summed E-state index contributed by atoms with van der Waals surface area (Å²) in [5.74, 6) is 0.524. The van der Waals surface area contributed by atoms with Gasteiger partial charge in [-0.3, -0.25) is 9.69 Å². The second kappa shape index (κ2) is 7.88. The van der Waals surface area contributed by atoms with Gasteiger partial charge in [0, 0.05) is 24.3 Å². The van der Waals surface area contributed by atoms with E-state index in [0.717, 1.165) is 13.1 Å². The summed E-state index contributed by atoms with van der Waals surface area (Å²) in [6, 6.07) is 7.47. The van der Waals surface area contributed by atoms with Crippen molar-refractivity contribution in [2.75, 3.05) is 32.0 Å². The lowest BCUT2D eigenvalue weighted by molar-refractivity contribution is -0.123. The predicted octanol–water partition coefficient (Wildman–Crippen LogP) is 1.64. The maximum absolute atomic E-state index is 11.8. The van der Waals surface area contributed by atoms with E-state index in [9.17, 15) is 4.79 Å². The molecule has 1 aromatic rings. The first-order chi connectivity index (χ1) is 10.1. The van der Waals surface area contributed by atoms with Crippen molar-refractivity contribution in [2.24, 2.45) is 0 Å². The van der Waals surface area contributed by atoms with E-state index < -0.39 is 0 Å². The zero-order valence-corrected chi connectivity index (χ0v) is 12.7. The fourth-order valence-electron chi connectivity index (χ4n) is 2.55. The molecule has 0 spiro atoms. The van der Waals surface area contributed by atoms with Crippen molar-refractivity contribution in [1.29, 1.82) is 0 Å². The fraction of sp³-hybridized carbons (Fsp3) is 0.562. The average molecular weight is 291 g/mol. The quantitative estimate of drug-likeness (QED) is 0.782. The van der Waals surface area contributed by atoms with Gasteiger partial charge in [-0.15, -0.1) is 0 Å². The van der Waals surface area contributed by atoms with E-state index in [4.69, 9.17) is 10.5 Å². The highest BCUT2D eigenvalue weighted by molar-refractivity contribution is 5.77. The summed E-state index contributed by atoms with van der Waals surface area (Å²) in [4.78, 5) is 14.2. The third-order valence-corrected chi connectivity index (χ3v) is 3.84. The van der Waals surface area contributed by atoms with E-state index in [1.165, 1.54) is 19.3 Å². The molecule has 1 aromatic carbocycles. The number of piperidine rings is 1. The van der Waals surface area contributed by atoms with E-state index in [1.807, 2.05) is 0 Å². The molecule has 0 saturated carbocycles. The summed E-state index contributed by atoms with van der Waals surface area (Å²) in [5.41, 5.74) is 6.29. The van der Waals surface area contributed by atoms with Crippen LogP contribution in [-0.4, -0.2) is 43.1 Å². The molecule has 1 atom stereocenters. The van der Waals surface area contributed by atoms with Crippen molar-refractivity contribution >= 4 is 11.6 Å². The summed E-state index contributed by atoms with van der Waals surface area (Å²) >= 11 is 0. The van der Waals surface area contributed by atoms with Crippen LogP contribution in [0, 0.1) is 0 Å². The van der Waals surface area contributed by atoms with E-state index in [-0.39, 0.29) is 12.5 Å². The van der Waals surface area contributed by atoms with E-state index >= 15 is 0 Å². The van der Waals surface area contributed by atoms with Gasteiger partial charge >= 0.3 is 0 Å². The number of ether oxygens (including phenoxy) is 1. The second-order valence-electron chi connectivity index (χ2n) is 5.61. The number of nitrogens with two attached hydrogens (primary N) is 1. The molecule has 1 heterocycles. The molecule has 116 valence electrons. The number of hydrogen-bond donors (Lipinski definition) is 2. The number of carbonyl (C=O) groups is 1. The van der Waals surface area contributed by atoms with Crippen molar-refractivity contribution in [3.63, 3.8) is 0 Å². The van der Waals surface area contributed by atoms with Gasteiger partial charge in [-0.2, -0.15) is 0 Å². The number of anilines is 1. The Morgan fingerprint density at radius 2 is 2.14 bits per heavy atom. The van der Waals surface area contributed by atoms with Crippen LogP contribution in [0.3, 0.4) is 0 Å². The summed E-state index contributed by atoms with van der Waals surface area (Å²) in [5, 5.41) is 2.93. The molecule has 0 aromatic heterocycles. The Balaban J connectivity index is 1.67. The van der Waals surface area contributed by atoms with Gasteiger partial charge < -0.3 is 15.8 Å². The van der Waals surface area contributed by atoms with Crippen molar-refractivity contribution in [3.8, 4) is 5.75 Å². The van der Waals surface area contributed by atoms with Gasteiger partial charge in [-0.1, -0.05) is 12.5 Å². The summed E-state index contributed by atoms with van der Waals surface area (Å²) in [7, 11) is 0. The third kappa shape index (κ3) is 5.27. The number of hydrogen-bond acceptors (Lipinski definition) is 4. The minimum Gasteiger partial charge on any atom is -0.484 e. The molecule has 1 unspecified atom stereocenters. The van der Waals surface area contributed by atoms with Gasteiger partial charge in [-0.25, -0.2) is 0 Å². The Bertz CT molecular complexity index is 459. The zero-order chi connectivity index (χ0) is 15.1. The number of amides is 1. The Morgan fingerprint density at radius 3 is 2.86 bits per heavy atom. The van der Waals surface area contributed by atoms with Crippen LogP contribution in [0.1, 0.15) is 26.2 Å². The molecular formula is C16H25N3O2. The number of nitrogens with zero attached hydrogens (tertiary/aromatic N) is 1. The molecule has 1 amide bonds. The van der Waals surface area contributed by atoms with Gasteiger partial charge in [0.05, 0.1) is 0 Å². The van der Waals surface area contributed by atoms with Crippen molar-refractivity contribution in [1.82, 2.24) is 10.2 Å². The Kier molecular flexibility index (Phi) is 5.87. The molecule has 5 heteroatoms. The van der Waals surface area contributed by atoms with Crippen LogP contribution in [-0.2, 0) is 4.79 Å². The van der Waals surface area contributed by atoms with E-state index in [0.29, 0.717) is 24.0 Å². The first-order valence-corrected chi connectivity index (χ1v) is 7.64. The van der Waals surface area contributed by atoms with Crippen LogP contribution in [0.2, 0.25) is 0 Å². The number of likely N-dealkylation sites (tertiary alicyclic amines) is 1. The predicted molar refractivity (Wildman–Crippen MR) is 84.2 cm³/mol. The molecule has 1 fully saturated rings. The maximum atomic E-state index is 11.8. The fourth-order valence-corrected chi connectivity index (χ4v) is 2.55. The normalized spacial score (nSPS) is 17.2. The first-order valence-electron chi connectivity index (χ1n) is 7.64. The standard InChI is InChI=1S/C16H25N3O2/c1-13(19-8-3-2-4-9-19)11-18-16(20)12-21-15-7-5-6-14(17)10-15/h5-7,10,13H,2-4,8-9,11-12,17H2,1H3,(H,18,20). The number of benzene rings is 1. The van der Waals surface area contributed by atoms with Crippen LogP contribution in [0.25, 0.3) is 0 Å². The molecule has 0 aliphatic carbocycles. The smallest absolute Gasteiger partial charge is 0.257 e. The van der Waals surface area contributed by atoms with Crippen molar-refractivity contribution in [2.45, 2.75) is 32.2 Å². The summed E-state index contributed by atoms with van der Waals surface area (Å²) < 4.78 is 5.42. The minimum absolute atomic E-state index is 0.0240. The molecule has 1 aliphatic heterocycles. The monoisotopic (exact) mass is 291 g/mol. The highest BCUT2D eigenvalue weighted by Crippen LogP contribution is 2.14. The Morgan fingerprint density at radius 1 is 1.38 bits per heavy atom. The van der Waals surface area contributed by atoms with Gasteiger partial charge in [0.25, 0.3) is 5.91 Å². The lowest BCUT2D eigenvalue weighted by Crippen LogP contribution is -2.45. The minimum atomic E-state index is -0.0960. The molecule has 21 heavy (non-hydrogen) atoms. The molecular weight excluding hydrogens is 266 g/mol. The Hall–Kier alpha value is -1.75. The van der Waals surface area contributed by atoms with E-state index in [2.05, 4.69) is 17.1 Å².